The van der Waals surface area contributed by atoms with E-state index >= 15 is 0 Å². The molecule has 1 N–H and O–H groups in total. The summed E-state index contributed by atoms with van der Waals surface area (Å²) in [6.07, 6.45) is 1.57. The van der Waals surface area contributed by atoms with E-state index in [9.17, 15) is 0 Å². The van der Waals surface area contributed by atoms with Gasteiger partial charge in [-0.2, -0.15) is 5.10 Å². The Morgan fingerprint density at radius 2 is 2.43 bits per heavy atom. The molecule has 1 aromatic heterocycles. The molecule has 0 aliphatic rings. The van der Waals surface area contributed by atoms with Crippen LogP contribution >= 0.6 is 11.8 Å². The smallest absolute Gasteiger partial charge is 0.185 e. The number of hydrogen-bond donors (Lipinski definition) is 1. The molecule has 14 heavy (non-hydrogen) atoms. The minimum absolute atomic E-state index is 0.759. The van der Waals surface area contributed by atoms with Gasteiger partial charge in [-0.25, -0.2) is 9.67 Å². The summed E-state index contributed by atoms with van der Waals surface area (Å²) in [4.78, 5) is 4.11. The normalized spacial score (nSPS) is 10.7. The summed E-state index contributed by atoms with van der Waals surface area (Å²) in [6.45, 7) is 2.62. The van der Waals surface area contributed by atoms with Crippen LogP contribution in [-0.2, 0) is 11.8 Å². The zero-order valence-corrected chi connectivity index (χ0v) is 9.38. The Balaban J connectivity index is 2.02. The molecule has 6 heteroatoms. The van der Waals surface area contributed by atoms with E-state index in [0.29, 0.717) is 0 Å². The molecular formula is C8H16N4OS. The standard InChI is InChI=1S/C8H16N4OS/c1-12-8(10-7-11-12)14-6-4-9-3-5-13-2/h7,9H,3-6H2,1-2H3. The Kier molecular flexibility index (Phi) is 5.58. The zero-order valence-electron chi connectivity index (χ0n) is 8.56. The molecule has 0 atom stereocenters. The number of nitrogens with one attached hydrogen (secondary N) is 1. The Morgan fingerprint density at radius 1 is 1.57 bits per heavy atom. The van der Waals surface area contributed by atoms with Crippen LogP contribution in [0.1, 0.15) is 0 Å². The van der Waals surface area contributed by atoms with Crippen molar-refractivity contribution in [1.82, 2.24) is 20.1 Å². The number of aryl methyl sites for hydroxylation is 1. The van der Waals surface area contributed by atoms with Gasteiger partial charge in [0.15, 0.2) is 5.16 Å². The fourth-order valence-electron chi connectivity index (χ4n) is 0.930. The molecule has 0 saturated carbocycles. The quantitative estimate of drug-likeness (QED) is 0.519. The minimum atomic E-state index is 0.759. The molecule has 5 nitrogen and oxygen atoms in total. The predicted octanol–water partition coefficient (Wildman–Crippen LogP) is 0.143. The van der Waals surface area contributed by atoms with Gasteiger partial charge in [0.1, 0.15) is 6.33 Å². The molecule has 0 aliphatic heterocycles. The Hall–Kier alpha value is -0.590. The lowest BCUT2D eigenvalue weighted by molar-refractivity contribution is 0.200. The summed E-state index contributed by atoms with van der Waals surface area (Å²) in [7, 11) is 3.60. The van der Waals surface area contributed by atoms with Crippen molar-refractivity contribution >= 4 is 11.8 Å². The van der Waals surface area contributed by atoms with Gasteiger partial charge in [0.05, 0.1) is 6.61 Å². The lowest BCUT2D eigenvalue weighted by Crippen LogP contribution is -2.21. The Bertz CT molecular complexity index is 253. The number of thioether (sulfide) groups is 1. The third-order valence-corrected chi connectivity index (χ3v) is 2.70. The van der Waals surface area contributed by atoms with Crippen LogP contribution in [0.15, 0.2) is 11.5 Å². The van der Waals surface area contributed by atoms with Crippen molar-refractivity contribution in [3.8, 4) is 0 Å². The van der Waals surface area contributed by atoms with Crippen LogP contribution in [0.4, 0.5) is 0 Å². The first-order chi connectivity index (χ1) is 6.84. The Labute approximate surface area is 88.2 Å². The molecule has 1 aromatic rings. The van der Waals surface area contributed by atoms with Gasteiger partial charge in [0, 0.05) is 33.0 Å². The van der Waals surface area contributed by atoms with E-state index in [-0.39, 0.29) is 0 Å². The predicted molar refractivity (Wildman–Crippen MR) is 56.5 cm³/mol. The maximum absolute atomic E-state index is 4.92. The van der Waals surface area contributed by atoms with Gasteiger partial charge in [0.25, 0.3) is 0 Å². The average molecular weight is 216 g/mol. The van der Waals surface area contributed by atoms with E-state index in [1.807, 2.05) is 7.05 Å². The van der Waals surface area contributed by atoms with E-state index in [4.69, 9.17) is 4.74 Å². The summed E-state index contributed by atoms with van der Waals surface area (Å²) in [6, 6.07) is 0. The number of aromatic nitrogens is 3. The Morgan fingerprint density at radius 3 is 3.07 bits per heavy atom. The first-order valence-corrected chi connectivity index (χ1v) is 5.49. The van der Waals surface area contributed by atoms with Gasteiger partial charge >= 0.3 is 0 Å². The first-order valence-electron chi connectivity index (χ1n) is 4.51. The van der Waals surface area contributed by atoms with E-state index in [1.54, 1.807) is 29.9 Å². The summed E-state index contributed by atoms with van der Waals surface area (Å²) >= 11 is 1.70. The minimum Gasteiger partial charge on any atom is -0.383 e. The lowest BCUT2D eigenvalue weighted by Gasteiger charge is -2.02. The zero-order chi connectivity index (χ0) is 10.2. The van der Waals surface area contributed by atoms with Crippen molar-refractivity contribution in [3.63, 3.8) is 0 Å². The second kappa shape index (κ2) is 6.80. The highest BCUT2D eigenvalue weighted by atomic mass is 32.2. The summed E-state index contributed by atoms with van der Waals surface area (Å²) in [5.74, 6) is 0.996. The molecule has 0 aromatic carbocycles. The van der Waals surface area contributed by atoms with Crippen LogP contribution < -0.4 is 5.32 Å². The number of ether oxygens (including phenoxy) is 1. The molecule has 0 amide bonds. The van der Waals surface area contributed by atoms with Gasteiger partial charge in [0.2, 0.25) is 0 Å². The van der Waals surface area contributed by atoms with Gasteiger partial charge in [-0.15, -0.1) is 0 Å². The fraction of sp³-hybridized carbons (Fsp3) is 0.750. The number of hydrogen-bond acceptors (Lipinski definition) is 5. The van der Waals surface area contributed by atoms with Crippen LogP contribution in [0.3, 0.4) is 0 Å². The van der Waals surface area contributed by atoms with Gasteiger partial charge < -0.3 is 10.1 Å². The summed E-state index contributed by atoms with van der Waals surface area (Å²) < 4.78 is 6.70. The van der Waals surface area contributed by atoms with Crippen LogP contribution in [0.25, 0.3) is 0 Å². The molecular weight excluding hydrogens is 200 g/mol. The number of methoxy groups -OCH3 is 1. The molecule has 0 saturated heterocycles. The van der Waals surface area contributed by atoms with Crippen molar-refractivity contribution < 1.29 is 4.74 Å². The SMILES string of the molecule is COCCNCCSc1ncnn1C. The maximum atomic E-state index is 4.92. The van der Waals surface area contributed by atoms with Crippen molar-refractivity contribution in [2.75, 3.05) is 32.6 Å². The molecule has 1 rings (SSSR count). The van der Waals surface area contributed by atoms with E-state index in [1.165, 1.54) is 0 Å². The fourth-order valence-corrected chi connectivity index (χ4v) is 1.71. The van der Waals surface area contributed by atoms with Crippen molar-refractivity contribution in [1.29, 1.82) is 0 Å². The second-order valence-electron chi connectivity index (χ2n) is 2.76. The number of rotatable bonds is 7. The van der Waals surface area contributed by atoms with Crippen LogP contribution in [0.5, 0.6) is 0 Å². The third-order valence-electron chi connectivity index (χ3n) is 1.66. The van der Waals surface area contributed by atoms with Gasteiger partial charge in [-0.1, -0.05) is 11.8 Å². The molecule has 0 aliphatic carbocycles. The average Bonchev–Trinajstić information content (AvgIpc) is 2.58. The molecule has 0 radical (unpaired) electrons. The first kappa shape index (κ1) is 11.5. The van der Waals surface area contributed by atoms with Crippen molar-refractivity contribution in [3.05, 3.63) is 6.33 Å². The molecule has 0 bridgehead atoms. The largest absolute Gasteiger partial charge is 0.383 e. The molecule has 0 fully saturated rings. The van der Waals surface area contributed by atoms with E-state index in [2.05, 4.69) is 15.4 Å². The lowest BCUT2D eigenvalue weighted by atomic mass is 10.6. The monoisotopic (exact) mass is 216 g/mol. The highest BCUT2D eigenvalue weighted by Gasteiger charge is 1.99. The van der Waals surface area contributed by atoms with Gasteiger partial charge in [-0.05, 0) is 0 Å². The van der Waals surface area contributed by atoms with Crippen LogP contribution in [0.2, 0.25) is 0 Å². The highest BCUT2D eigenvalue weighted by Crippen LogP contribution is 2.11. The van der Waals surface area contributed by atoms with Crippen molar-refractivity contribution in [2.45, 2.75) is 5.16 Å². The molecule has 80 valence electrons. The summed E-state index contributed by atoms with van der Waals surface area (Å²) in [5, 5.41) is 8.21. The van der Waals surface area contributed by atoms with E-state index in [0.717, 1.165) is 30.6 Å². The molecule has 0 spiro atoms. The highest BCUT2D eigenvalue weighted by molar-refractivity contribution is 7.99. The van der Waals surface area contributed by atoms with Crippen molar-refractivity contribution in [2.24, 2.45) is 7.05 Å². The number of nitrogens with zero attached hydrogens (tertiary/aromatic N) is 3. The summed E-state index contributed by atoms with van der Waals surface area (Å²) in [5.41, 5.74) is 0. The van der Waals surface area contributed by atoms with E-state index < -0.39 is 0 Å². The van der Waals surface area contributed by atoms with Crippen LogP contribution in [0, 0.1) is 0 Å². The van der Waals surface area contributed by atoms with Crippen LogP contribution in [-0.4, -0.2) is 47.3 Å². The van der Waals surface area contributed by atoms with Gasteiger partial charge in [-0.3, -0.25) is 0 Å². The third kappa shape index (κ3) is 4.08. The topological polar surface area (TPSA) is 52.0 Å². The molecule has 0 unspecified atom stereocenters. The maximum Gasteiger partial charge on any atom is 0.185 e. The second-order valence-corrected chi connectivity index (χ2v) is 3.82. The molecule has 1 heterocycles.